The SMILES string of the molecule is CC1(C)CC2(C=C(N)C1=O)CN(C(=O)c1ccoc1C(F)(F)F)CCO2. The van der Waals surface area contributed by atoms with Gasteiger partial charge in [0.1, 0.15) is 5.60 Å². The lowest BCUT2D eigenvalue weighted by Gasteiger charge is -2.46. The average Bonchev–Trinajstić information content (AvgIpc) is 3.01. The van der Waals surface area contributed by atoms with E-state index in [1.165, 1.54) is 11.0 Å². The maximum atomic E-state index is 13.0. The van der Waals surface area contributed by atoms with Crippen molar-refractivity contribution in [2.45, 2.75) is 32.0 Å². The molecule has 1 unspecified atom stereocenters. The molecule has 1 aliphatic carbocycles. The fourth-order valence-electron chi connectivity index (χ4n) is 3.66. The number of nitrogens with zero attached hydrogens (tertiary/aromatic N) is 1. The van der Waals surface area contributed by atoms with E-state index in [0.29, 0.717) is 0 Å². The summed E-state index contributed by atoms with van der Waals surface area (Å²) in [6.07, 6.45) is -2.17. The minimum absolute atomic E-state index is 0.00568. The lowest BCUT2D eigenvalue weighted by molar-refractivity contribution is -0.153. The Labute approximate surface area is 147 Å². The lowest BCUT2D eigenvalue weighted by Crippen LogP contribution is -2.57. The van der Waals surface area contributed by atoms with Gasteiger partial charge in [-0.3, -0.25) is 9.59 Å². The standard InChI is InChI=1S/C17H19F3N2O4/c1-15(2)8-16(7-11(21)12(15)23)9-22(4-6-26-16)14(24)10-3-5-25-13(10)17(18,19)20/h3,5,7H,4,6,8-9,21H2,1-2H3. The van der Waals surface area contributed by atoms with Crippen molar-refractivity contribution >= 4 is 11.7 Å². The van der Waals surface area contributed by atoms with Crippen LogP contribution in [0.2, 0.25) is 0 Å². The summed E-state index contributed by atoms with van der Waals surface area (Å²) in [5.74, 6) is -2.34. The molecule has 1 aliphatic heterocycles. The molecule has 2 N–H and O–H groups in total. The van der Waals surface area contributed by atoms with Crippen LogP contribution in [0.5, 0.6) is 0 Å². The summed E-state index contributed by atoms with van der Waals surface area (Å²) in [7, 11) is 0. The summed E-state index contributed by atoms with van der Waals surface area (Å²) in [5, 5.41) is 0. The predicted octanol–water partition coefficient (Wildman–Crippen LogP) is 2.35. The number of alkyl halides is 3. The molecule has 1 aromatic heterocycles. The third-order valence-corrected chi connectivity index (χ3v) is 4.69. The number of carbonyl (C=O) groups is 2. The van der Waals surface area contributed by atoms with Crippen molar-refractivity contribution in [2.75, 3.05) is 19.7 Å². The Balaban J connectivity index is 1.89. The topological polar surface area (TPSA) is 85.8 Å². The highest BCUT2D eigenvalue weighted by Gasteiger charge is 2.49. The van der Waals surface area contributed by atoms with Gasteiger partial charge in [0.05, 0.1) is 30.7 Å². The van der Waals surface area contributed by atoms with Crippen LogP contribution in [0, 0.1) is 5.41 Å². The molecule has 0 saturated carbocycles. The van der Waals surface area contributed by atoms with Crippen LogP contribution in [0.15, 0.2) is 28.5 Å². The van der Waals surface area contributed by atoms with Gasteiger partial charge in [-0.1, -0.05) is 13.8 Å². The number of rotatable bonds is 1. The number of ether oxygens (including phenoxy) is 1. The van der Waals surface area contributed by atoms with Gasteiger partial charge in [0.15, 0.2) is 5.78 Å². The summed E-state index contributed by atoms with van der Waals surface area (Å²) >= 11 is 0. The number of hydrogen-bond acceptors (Lipinski definition) is 5. The van der Waals surface area contributed by atoms with Gasteiger partial charge in [-0.2, -0.15) is 13.2 Å². The second kappa shape index (κ2) is 5.87. The van der Waals surface area contributed by atoms with Gasteiger partial charge in [-0.05, 0) is 18.6 Å². The fourth-order valence-corrected chi connectivity index (χ4v) is 3.66. The van der Waals surface area contributed by atoms with Crippen LogP contribution < -0.4 is 5.73 Å². The summed E-state index contributed by atoms with van der Waals surface area (Å²) < 4.78 is 49.3. The number of allylic oxidation sites excluding steroid dienone is 1. The Morgan fingerprint density at radius 1 is 1.35 bits per heavy atom. The van der Waals surface area contributed by atoms with Crippen molar-refractivity contribution in [1.29, 1.82) is 0 Å². The lowest BCUT2D eigenvalue weighted by atomic mass is 9.71. The van der Waals surface area contributed by atoms with Crippen molar-refractivity contribution in [3.63, 3.8) is 0 Å². The van der Waals surface area contributed by atoms with Gasteiger partial charge in [0.2, 0.25) is 5.76 Å². The van der Waals surface area contributed by atoms with Gasteiger partial charge in [0.25, 0.3) is 5.91 Å². The molecule has 1 atom stereocenters. The van der Waals surface area contributed by atoms with Crippen LogP contribution in [0.4, 0.5) is 13.2 Å². The quantitative estimate of drug-likeness (QED) is 0.818. The molecule has 1 fully saturated rings. The zero-order valence-electron chi connectivity index (χ0n) is 14.4. The molecule has 1 amide bonds. The largest absolute Gasteiger partial charge is 0.459 e. The van der Waals surface area contributed by atoms with E-state index in [-0.39, 0.29) is 37.6 Å². The molecule has 1 spiro atoms. The van der Waals surface area contributed by atoms with Gasteiger partial charge >= 0.3 is 6.18 Å². The average molecular weight is 372 g/mol. The number of furan rings is 1. The minimum atomic E-state index is -4.76. The van der Waals surface area contributed by atoms with E-state index in [2.05, 4.69) is 4.42 Å². The Morgan fingerprint density at radius 2 is 2.04 bits per heavy atom. The molecule has 142 valence electrons. The number of amides is 1. The Bertz CT molecular complexity index is 781. The number of nitrogens with two attached hydrogens (primary N) is 1. The van der Waals surface area contributed by atoms with Crippen molar-refractivity contribution in [2.24, 2.45) is 11.1 Å². The second-order valence-corrected chi connectivity index (χ2v) is 7.29. The normalized spacial score (nSPS) is 26.1. The summed E-state index contributed by atoms with van der Waals surface area (Å²) in [5.41, 5.74) is 3.52. The monoisotopic (exact) mass is 372 g/mol. The van der Waals surface area contributed by atoms with Crippen LogP contribution in [-0.4, -0.2) is 41.9 Å². The van der Waals surface area contributed by atoms with Crippen LogP contribution >= 0.6 is 0 Å². The Kier molecular flexibility index (Phi) is 4.18. The van der Waals surface area contributed by atoms with Crippen LogP contribution in [0.3, 0.4) is 0 Å². The molecule has 6 nitrogen and oxygen atoms in total. The third kappa shape index (κ3) is 3.11. The first kappa shape index (κ1) is 18.5. The van der Waals surface area contributed by atoms with E-state index in [9.17, 15) is 22.8 Å². The molecular weight excluding hydrogens is 353 g/mol. The molecule has 0 bridgehead atoms. The van der Waals surface area contributed by atoms with Crippen molar-refractivity contribution in [3.8, 4) is 0 Å². The Hall–Kier alpha value is -2.29. The Morgan fingerprint density at radius 3 is 2.65 bits per heavy atom. The van der Waals surface area contributed by atoms with Crippen molar-refractivity contribution in [1.82, 2.24) is 4.90 Å². The molecule has 2 heterocycles. The maximum absolute atomic E-state index is 13.0. The van der Waals surface area contributed by atoms with Crippen LogP contribution in [0.1, 0.15) is 36.4 Å². The molecule has 1 aromatic rings. The number of morpholine rings is 1. The van der Waals surface area contributed by atoms with Crippen LogP contribution in [0.25, 0.3) is 0 Å². The summed E-state index contributed by atoms with van der Waals surface area (Å²) in [6.45, 7) is 3.70. The predicted molar refractivity (Wildman–Crippen MR) is 84.0 cm³/mol. The molecule has 2 aliphatic rings. The van der Waals surface area contributed by atoms with Crippen molar-refractivity contribution in [3.05, 3.63) is 35.4 Å². The first-order valence-corrected chi connectivity index (χ1v) is 8.06. The van der Waals surface area contributed by atoms with E-state index >= 15 is 0 Å². The molecular formula is C17H19F3N2O4. The van der Waals surface area contributed by atoms with Gasteiger partial charge in [-0.15, -0.1) is 0 Å². The van der Waals surface area contributed by atoms with Gasteiger partial charge in [0, 0.05) is 12.0 Å². The number of carbonyl (C=O) groups excluding carboxylic acids is 2. The number of ketones is 1. The first-order chi connectivity index (χ1) is 12.0. The highest BCUT2D eigenvalue weighted by atomic mass is 19.4. The number of hydrogen-bond donors (Lipinski definition) is 1. The molecule has 0 aromatic carbocycles. The summed E-state index contributed by atoms with van der Waals surface area (Å²) in [4.78, 5) is 26.1. The third-order valence-electron chi connectivity index (χ3n) is 4.69. The van der Waals surface area contributed by atoms with E-state index in [4.69, 9.17) is 10.5 Å². The molecule has 1 saturated heterocycles. The zero-order valence-corrected chi connectivity index (χ0v) is 14.4. The van der Waals surface area contributed by atoms with E-state index in [1.54, 1.807) is 13.8 Å². The van der Waals surface area contributed by atoms with Crippen LogP contribution in [-0.2, 0) is 15.7 Å². The second-order valence-electron chi connectivity index (χ2n) is 7.29. The smallest absolute Gasteiger partial charge is 0.450 e. The molecule has 26 heavy (non-hydrogen) atoms. The van der Waals surface area contributed by atoms with E-state index in [0.717, 1.165) is 12.3 Å². The van der Waals surface area contributed by atoms with Gasteiger partial charge < -0.3 is 19.8 Å². The number of Topliss-reactive ketones (excluding diaryl/α,β-unsaturated/α-hetero) is 1. The molecule has 9 heteroatoms. The van der Waals surface area contributed by atoms with E-state index < -0.39 is 34.4 Å². The molecule has 0 radical (unpaired) electrons. The first-order valence-electron chi connectivity index (χ1n) is 8.06. The highest BCUT2D eigenvalue weighted by molar-refractivity contribution is 6.00. The number of halogens is 3. The summed E-state index contributed by atoms with van der Waals surface area (Å²) in [6, 6.07) is 1.01. The fraction of sp³-hybridized carbons (Fsp3) is 0.529. The van der Waals surface area contributed by atoms with Crippen molar-refractivity contribution < 1.29 is 31.9 Å². The van der Waals surface area contributed by atoms with Gasteiger partial charge in [-0.25, -0.2) is 0 Å². The minimum Gasteiger partial charge on any atom is -0.459 e. The highest BCUT2D eigenvalue weighted by Crippen LogP contribution is 2.41. The van der Waals surface area contributed by atoms with E-state index in [1.807, 2.05) is 0 Å². The molecule has 3 rings (SSSR count). The maximum Gasteiger partial charge on any atom is 0.450 e. The zero-order chi connectivity index (χ0) is 19.3.